The lowest BCUT2D eigenvalue weighted by Gasteiger charge is -2.13. The Bertz CT molecular complexity index is 971. The van der Waals surface area contributed by atoms with Crippen LogP contribution in [0, 0.1) is 12.7 Å². The van der Waals surface area contributed by atoms with Crippen LogP contribution in [0.4, 0.5) is 4.39 Å². The number of aromatic nitrogens is 1. The number of ether oxygens (including phenoxy) is 1. The molecule has 0 saturated heterocycles. The minimum Gasteiger partial charge on any atom is -0.380 e. The Morgan fingerprint density at radius 1 is 1.17 bits per heavy atom. The molecule has 0 aliphatic heterocycles. The Hall–Kier alpha value is -2.13. The van der Waals surface area contributed by atoms with E-state index in [-0.39, 0.29) is 36.4 Å². The van der Waals surface area contributed by atoms with Crippen LogP contribution in [0.2, 0.25) is 0 Å². The van der Waals surface area contributed by atoms with Crippen molar-refractivity contribution in [3.63, 3.8) is 0 Å². The number of nitrogens with one attached hydrogen (secondary N) is 3. The Kier molecular flexibility index (Phi) is 8.91. The van der Waals surface area contributed by atoms with Crippen LogP contribution in [-0.4, -0.2) is 31.6 Å². The second-order valence-electron chi connectivity index (χ2n) is 6.77. The number of guanidine groups is 1. The average Bonchev–Trinajstić information content (AvgIpc) is 3.11. The van der Waals surface area contributed by atoms with Crippen LogP contribution >= 0.6 is 24.0 Å². The smallest absolute Gasteiger partial charge is 0.191 e. The molecular formula is C22H28FIN4O. The molecule has 29 heavy (non-hydrogen) atoms. The van der Waals surface area contributed by atoms with Gasteiger partial charge >= 0.3 is 0 Å². The topological polar surface area (TPSA) is 61.4 Å². The molecule has 3 rings (SSSR count). The van der Waals surface area contributed by atoms with Crippen molar-refractivity contribution in [2.75, 3.05) is 20.7 Å². The quantitative estimate of drug-likeness (QED) is 0.253. The van der Waals surface area contributed by atoms with E-state index in [9.17, 15) is 4.39 Å². The van der Waals surface area contributed by atoms with E-state index in [4.69, 9.17) is 4.74 Å². The maximum atomic E-state index is 13.7. The fourth-order valence-electron chi connectivity index (χ4n) is 3.30. The molecule has 0 spiro atoms. The van der Waals surface area contributed by atoms with Crippen LogP contribution in [0.5, 0.6) is 0 Å². The summed E-state index contributed by atoms with van der Waals surface area (Å²) < 4.78 is 18.8. The van der Waals surface area contributed by atoms with Crippen molar-refractivity contribution >= 4 is 40.8 Å². The van der Waals surface area contributed by atoms with Gasteiger partial charge in [0.15, 0.2) is 5.96 Å². The van der Waals surface area contributed by atoms with Gasteiger partial charge < -0.3 is 20.4 Å². The van der Waals surface area contributed by atoms with Crippen molar-refractivity contribution in [3.8, 4) is 0 Å². The number of aromatic amines is 1. The predicted molar refractivity (Wildman–Crippen MR) is 127 cm³/mol. The van der Waals surface area contributed by atoms with E-state index in [2.05, 4.69) is 51.9 Å². The minimum atomic E-state index is -0.248. The fourth-order valence-corrected chi connectivity index (χ4v) is 3.30. The summed E-state index contributed by atoms with van der Waals surface area (Å²) in [4.78, 5) is 7.62. The van der Waals surface area contributed by atoms with Gasteiger partial charge in [0, 0.05) is 49.9 Å². The third-order valence-corrected chi connectivity index (χ3v) is 4.79. The third kappa shape index (κ3) is 5.93. The van der Waals surface area contributed by atoms with Gasteiger partial charge in [0.2, 0.25) is 0 Å². The summed E-state index contributed by atoms with van der Waals surface area (Å²) in [6.07, 6.45) is 2.96. The summed E-state index contributed by atoms with van der Waals surface area (Å²) in [6, 6.07) is 11.4. The molecule has 1 aromatic heterocycles. The normalized spacial score (nSPS) is 11.4. The molecule has 7 heteroatoms. The fraction of sp³-hybridized carbons (Fsp3) is 0.318. The van der Waals surface area contributed by atoms with E-state index < -0.39 is 0 Å². The molecule has 2 aromatic carbocycles. The molecule has 0 unspecified atom stereocenters. The van der Waals surface area contributed by atoms with Gasteiger partial charge in [-0.15, -0.1) is 24.0 Å². The molecule has 0 bridgehead atoms. The molecule has 1 heterocycles. The van der Waals surface area contributed by atoms with Gasteiger partial charge in [0.1, 0.15) is 5.82 Å². The van der Waals surface area contributed by atoms with Gasteiger partial charge in [-0.3, -0.25) is 4.99 Å². The summed E-state index contributed by atoms with van der Waals surface area (Å²) in [7, 11) is 3.30. The molecule has 0 atom stereocenters. The molecule has 3 aromatic rings. The zero-order valence-corrected chi connectivity index (χ0v) is 19.3. The molecular weight excluding hydrogens is 482 g/mol. The zero-order chi connectivity index (χ0) is 19.9. The number of nitrogens with zero attached hydrogens (tertiary/aromatic N) is 1. The van der Waals surface area contributed by atoms with Crippen molar-refractivity contribution in [1.29, 1.82) is 0 Å². The number of aryl methyl sites for hydroxylation is 1. The lowest BCUT2D eigenvalue weighted by atomic mass is 10.1. The summed E-state index contributed by atoms with van der Waals surface area (Å²) in [5.74, 6) is 0.468. The first-order valence-corrected chi connectivity index (χ1v) is 9.38. The van der Waals surface area contributed by atoms with Crippen molar-refractivity contribution in [2.24, 2.45) is 4.99 Å². The standard InChI is InChI=1S/C22H27FN4O.HI/c1-15-5-4-6-19-17(13-26-21(15)19)9-10-25-22(24-2)27-12-16-7-8-20(23)18(11-16)14-28-3;/h4-8,11,13,26H,9-10,12,14H2,1-3H3,(H2,24,25,27);1H. The summed E-state index contributed by atoms with van der Waals surface area (Å²) >= 11 is 0. The van der Waals surface area contributed by atoms with Crippen LogP contribution in [0.1, 0.15) is 22.3 Å². The van der Waals surface area contributed by atoms with Crippen molar-refractivity contribution in [2.45, 2.75) is 26.5 Å². The summed E-state index contributed by atoms with van der Waals surface area (Å²) in [5, 5.41) is 7.87. The van der Waals surface area contributed by atoms with Crippen molar-refractivity contribution in [3.05, 3.63) is 70.7 Å². The molecule has 0 saturated carbocycles. The lowest BCUT2D eigenvalue weighted by Crippen LogP contribution is -2.37. The number of aliphatic imine (C=N–C) groups is 1. The Labute approximate surface area is 188 Å². The van der Waals surface area contributed by atoms with Gasteiger partial charge in [-0.05, 0) is 42.2 Å². The van der Waals surface area contributed by atoms with Gasteiger partial charge in [-0.2, -0.15) is 0 Å². The number of H-pyrrole nitrogens is 1. The largest absolute Gasteiger partial charge is 0.380 e. The summed E-state index contributed by atoms with van der Waals surface area (Å²) in [5.41, 5.74) is 5.26. The molecule has 0 fully saturated rings. The second kappa shape index (κ2) is 11.2. The SMILES string of the molecule is CN=C(NCCc1c[nH]c2c(C)cccc12)NCc1ccc(F)c(COC)c1.I. The molecule has 3 N–H and O–H groups in total. The molecule has 0 amide bonds. The second-order valence-corrected chi connectivity index (χ2v) is 6.77. The first-order chi connectivity index (χ1) is 13.6. The van der Waals surface area contributed by atoms with E-state index in [0.717, 1.165) is 18.5 Å². The first-order valence-electron chi connectivity index (χ1n) is 9.38. The number of methoxy groups -OCH3 is 1. The highest BCUT2D eigenvalue weighted by molar-refractivity contribution is 14.0. The van der Waals surface area contributed by atoms with E-state index >= 15 is 0 Å². The maximum absolute atomic E-state index is 13.7. The Balaban J connectivity index is 0.00000300. The van der Waals surface area contributed by atoms with E-state index in [1.807, 2.05) is 6.07 Å². The number of hydrogen-bond donors (Lipinski definition) is 3. The van der Waals surface area contributed by atoms with Crippen LogP contribution < -0.4 is 10.6 Å². The molecule has 0 radical (unpaired) electrons. The van der Waals surface area contributed by atoms with Crippen LogP contribution in [0.25, 0.3) is 10.9 Å². The van der Waals surface area contributed by atoms with Crippen LogP contribution in [-0.2, 0) is 24.3 Å². The monoisotopic (exact) mass is 510 g/mol. The zero-order valence-electron chi connectivity index (χ0n) is 17.0. The van der Waals surface area contributed by atoms with Crippen molar-refractivity contribution < 1.29 is 9.13 Å². The molecule has 5 nitrogen and oxygen atoms in total. The number of halogens is 2. The lowest BCUT2D eigenvalue weighted by molar-refractivity contribution is 0.181. The van der Waals surface area contributed by atoms with Gasteiger partial charge in [0.25, 0.3) is 0 Å². The van der Waals surface area contributed by atoms with Gasteiger partial charge in [-0.25, -0.2) is 4.39 Å². The van der Waals surface area contributed by atoms with E-state index in [1.54, 1.807) is 20.2 Å². The van der Waals surface area contributed by atoms with Gasteiger partial charge in [0.05, 0.1) is 6.61 Å². The van der Waals surface area contributed by atoms with Crippen LogP contribution in [0.15, 0.2) is 47.6 Å². The van der Waals surface area contributed by atoms with Gasteiger partial charge in [-0.1, -0.05) is 24.3 Å². The summed E-state index contributed by atoms with van der Waals surface area (Å²) in [6.45, 7) is 3.69. The number of hydrogen-bond acceptors (Lipinski definition) is 2. The molecule has 0 aliphatic rings. The first kappa shape index (κ1) is 23.2. The highest BCUT2D eigenvalue weighted by atomic mass is 127. The predicted octanol–water partition coefficient (Wildman–Crippen LogP) is 4.29. The molecule has 156 valence electrons. The highest BCUT2D eigenvalue weighted by Crippen LogP contribution is 2.21. The number of rotatable bonds is 7. The van der Waals surface area contributed by atoms with Crippen molar-refractivity contribution in [1.82, 2.24) is 15.6 Å². The molecule has 0 aliphatic carbocycles. The van der Waals surface area contributed by atoms with Crippen LogP contribution in [0.3, 0.4) is 0 Å². The Morgan fingerprint density at radius 3 is 2.76 bits per heavy atom. The maximum Gasteiger partial charge on any atom is 0.191 e. The number of para-hydroxylation sites is 1. The number of fused-ring (bicyclic) bond motifs is 1. The third-order valence-electron chi connectivity index (χ3n) is 4.79. The minimum absolute atomic E-state index is 0. The highest BCUT2D eigenvalue weighted by Gasteiger charge is 2.07. The van der Waals surface area contributed by atoms with E-state index in [0.29, 0.717) is 18.1 Å². The average molecular weight is 510 g/mol. The number of benzene rings is 2. The Morgan fingerprint density at radius 2 is 2.00 bits per heavy atom. The van der Waals surface area contributed by atoms with E-state index in [1.165, 1.54) is 28.1 Å².